The number of carboxylic acids is 1. The van der Waals surface area contributed by atoms with E-state index in [0.29, 0.717) is 46.3 Å². The van der Waals surface area contributed by atoms with E-state index in [-0.39, 0.29) is 18.1 Å². The van der Waals surface area contributed by atoms with E-state index in [2.05, 4.69) is 10.4 Å². The number of hydrogen-bond donors (Lipinski definition) is 2. The van der Waals surface area contributed by atoms with Gasteiger partial charge in [0.05, 0.1) is 29.1 Å². The van der Waals surface area contributed by atoms with Gasteiger partial charge in [-0.05, 0) is 68.5 Å². The van der Waals surface area contributed by atoms with Crippen LogP contribution in [0.3, 0.4) is 0 Å². The van der Waals surface area contributed by atoms with Crippen molar-refractivity contribution in [2.75, 3.05) is 23.5 Å². The monoisotopic (exact) mass is 499 g/mol. The summed E-state index contributed by atoms with van der Waals surface area (Å²) in [4.78, 5) is 36.9. The summed E-state index contributed by atoms with van der Waals surface area (Å²) in [6.45, 7) is 3.91. The van der Waals surface area contributed by atoms with Crippen LogP contribution in [0.4, 0.5) is 11.4 Å². The van der Waals surface area contributed by atoms with Crippen molar-refractivity contribution in [3.8, 4) is 11.5 Å². The molecule has 0 aliphatic carbocycles. The second kappa shape index (κ2) is 11.2. The first-order chi connectivity index (χ1) is 17.9. The fourth-order valence-corrected chi connectivity index (χ4v) is 3.66. The summed E-state index contributed by atoms with van der Waals surface area (Å²) >= 11 is 0. The van der Waals surface area contributed by atoms with Crippen LogP contribution in [0, 0.1) is 0 Å². The molecule has 0 atom stereocenters. The number of rotatable bonds is 9. The van der Waals surface area contributed by atoms with Gasteiger partial charge in [0.1, 0.15) is 11.5 Å². The minimum absolute atomic E-state index is 0.0536. The fourth-order valence-electron chi connectivity index (χ4n) is 3.66. The number of nitrogens with zero attached hydrogens (tertiary/aromatic N) is 2. The summed E-state index contributed by atoms with van der Waals surface area (Å²) in [5.41, 5.74) is 2.41. The average Bonchev–Trinajstić information content (AvgIpc) is 3.18. The van der Waals surface area contributed by atoms with Gasteiger partial charge in [0, 0.05) is 11.3 Å². The Morgan fingerprint density at radius 2 is 1.78 bits per heavy atom. The Labute approximate surface area is 213 Å². The number of benzene rings is 3. The highest BCUT2D eigenvalue weighted by Crippen LogP contribution is 2.28. The third-order valence-corrected chi connectivity index (χ3v) is 5.43. The van der Waals surface area contributed by atoms with Gasteiger partial charge in [-0.25, -0.2) is 4.79 Å². The Hall–Kier alpha value is -4.92. The number of nitrogens with one attached hydrogen (secondary N) is 1. The van der Waals surface area contributed by atoms with Crippen molar-refractivity contribution in [1.82, 2.24) is 0 Å². The maximum Gasteiger partial charge on any atom is 0.335 e. The first-order valence-corrected chi connectivity index (χ1v) is 11.6. The van der Waals surface area contributed by atoms with Gasteiger partial charge in [-0.3, -0.25) is 9.59 Å². The van der Waals surface area contributed by atoms with E-state index in [9.17, 15) is 19.5 Å². The van der Waals surface area contributed by atoms with Crippen molar-refractivity contribution in [2.24, 2.45) is 5.10 Å². The zero-order valence-electron chi connectivity index (χ0n) is 20.3. The van der Waals surface area contributed by atoms with Crippen LogP contribution in [-0.4, -0.2) is 41.8 Å². The number of aromatic carboxylic acids is 1. The maximum atomic E-state index is 13.1. The van der Waals surface area contributed by atoms with Gasteiger partial charge in [-0.1, -0.05) is 24.3 Å². The largest absolute Gasteiger partial charge is 0.494 e. The molecular formula is C28H25N3O6. The minimum atomic E-state index is -1.09. The first-order valence-electron chi connectivity index (χ1n) is 11.6. The molecule has 0 aromatic heterocycles. The zero-order chi connectivity index (χ0) is 26.4. The van der Waals surface area contributed by atoms with Crippen molar-refractivity contribution >= 4 is 40.9 Å². The average molecular weight is 500 g/mol. The molecule has 0 bridgehead atoms. The predicted octanol–water partition coefficient (Wildman–Crippen LogP) is 4.61. The lowest BCUT2D eigenvalue weighted by Gasteiger charge is -2.13. The van der Waals surface area contributed by atoms with Crippen LogP contribution in [0.5, 0.6) is 11.5 Å². The van der Waals surface area contributed by atoms with Crippen molar-refractivity contribution in [3.63, 3.8) is 0 Å². The normalized spacial score (nSPS) is 13.9. The van der Waals surface area contributed by atoms with Crippen LogP contribution in [0.2, 0.25) is 0 Å². The second-order valence-electron chi connectivity index (χ2n) is 8.05. The third kappa shape index (κ3) is 6.02. The Kier molecular flexibility index (Phi) is 7.63. The SMILES string of the molecule is CCOc1ccc(NC(=O)COc2ccccc2/C=C2/C(=O)N(c3cccc(C(=O)O)c3)N=C2C)cc1. The Morgan fingerprint density at radius 3 is 2.51 bits per heavy atom. The molecule has 2 N–H and O–H groups in total. The van der Waals surface area contributed by atoms with E-state index in [1.165, 1.54) is 17.1 Å². The van der Waals surface area contributed by atoms with Gasteiger partial charge in [-0.2, -0.15) is 10.1 Å². The highest BCUT2D eigenvalue weighted by atomic mass is 16.5. The number of carbonyl (C=O) groups is 3. The standard InChI is InChI=1S/C28H25N3O6/c1-3-36-23-13-11-21(12-14-23)29-26(32)17-37-25-10-5-4-7-19(25)16-24-18(2)30-31(27(24)33)22-9-6-8-20(15-22)28(34)35/h4-16H,3,17H2,1-2H3,(H,29,32)(H,34,35)/b24-16+. The summed E-state index contributed by atoms with van der Waals surface area (Å²) in [6, 6.07) is 20.1. The van der Waals surface area contributed by atoms with Crippen molar-refractivity contribution in [3.05, 3.63) is 89.5 Å². The molecule has 37 heavy (non-hydrogen) atoms. The molecular weight excluding hydrogens is 474 g/mol. The van der Waals surface area contributed by atoms with Crippen LogP contribution in [0.1, 0.15) is 29.8 Å². The number of amides is 2. The zero-order valence-corrected chi connectivity index (χ0v) is 20.3. The number of carbonyl (C=O) groups excluding carboxylic acids is 2. The summed E-state index contributed by atoms with van der Waals surface area (Å²) in [5, 5.41) is 17.5. The number of ether oxygens (including phenoxy) is 2. The molecule has 188 valence electrons. The topological polar surface area (TPSA) is 118 Å². The van der Waals surface area contributed by atoms with E-state index in [0.717, 1.165) is 0 Å². The van der Waals surface area contributed by atoms with Gasteiger partial charge in [0.15, 0.2) is 6.61 Å². The number of hydrogen-bond acceptors (Lipinski definition) is 6. The van der Waals surface area contributed by atoms with E-state index in [4.69, 9.17) is 9.47 Å². The van der Waals surface area contributed by atoms with Gasteiger partial charge < -0.3 is 19.9 Å². The number of anilines is 2. The molecule has 0 fully saturated rings. The van der Waals surface area contributed by atoms with Gasteiger partial charge in [0.2, 0.25) is 0 Å². The molecule has 0 spiro atoms. The molecule has 3 aromatic carbocycles. The van der Waals surface area contributed by atoms with Crippen LogP contribution >= 0.6 is 0 Å². The minimum Gasteiger partial charge on any atom is -0.494 e. The molecule has 0 unspecified atom stereocenters. The third-order valence-electron chi connectivity index (χ3n) is 5.43. The lowest BCUT2D eigenvalue weighted by molar-refractivity contribution is -0.118. The molecule has 2 amide bonds. The van der Waals surface area contributed by atoms with E-state index < -0.39 is 11.9 Å². The molecule has 1 aliphatic rings. The Balaban J connectivity index is 1.46. The summed E-state index contributed by atoms with van der Waals surface area (Å²) in [5.74, 6) is -0.701. The molecule has 4 rings (SSSR count). The van der Waals surface area contributed by atoms with Crippen LogP contribution in [0.25, 0.3) is 6.08 Å². The van der Waals surface area contributed by atoms with Gasteiger partial charge in [0.25, 0.3) is 11.8 Å². The predicted molar refractivity (Wildman–Crippen MR) is 140 cm³/mol. The van der Waals surface area contributed by atoms with Gasteiger partial charge in [-0.15, -0.1) is 0 Å². The number of carboxylic acid groups (broad SMARTS) is 1. The molecule has 9 heteroatoms. The summed E-state index contributed by atoms with van der Waals surface area (Å²) in [6.07, 6.45) is 1.64. The van der Waals surface area contributed by atoms with Crippen molar-refractivity contribution < 1.29 is 29.0 Å². The lowest BCUT2D eigenvalue weighted by atomic mass is 10.1. The second-order valence-corrected chi connectivity index (χ2v) is 8.05. The smallest absolute Gasteiger partial charge is 0.335 e. The number of hydrazone groups is 1. The quantitative estimate of drug-likeness (QED) is 0.415. The number of para-hydroxylation sites is 1. The van der Waals surface area contributed by atoms with Crippen LogP contribution < -0.4 is 19.8 Å². The summed E-state index contributed by atoms with van der Waals surface area (Å²) in [7, 11) is 0. The molecule has 1 aliphatic heterocycles. The molecule has 3 aromatic rings. The lowest BCUT2D eigenvalue weighted by Crippen LogP contribution is -2.21. The highest BCUT2D eigenvalue weighted by molar-refractivity contribution is 6.32. The fraction of sp³-hybridized carbons (Fsp3) is 0.143. The molecule has 1 heterocycles. The van der Waals surface area contributed by atoms with Crippen LogP contribution in [-0.2, 0) is 9.59 Å². The van der Waals surface area contributed by atoms with Crippen LogP contribution in [0.15, 0.2) is 83.5 Å². The molecule has 0 saturated heterocycles. The maximum absolute atomic E-state index is 13.1. The van der Waals surface area contributed by atoms with E-state index >= 15 is 0 Å². The van der Waals surface area contributed by atoms with E-state index in [1.54, 1.807) is 73.7 Å². The van der Waals surface area contributed by atoms with E-state index in [1.807, 2.05) is 6.92 Å². The molecule has 0 radical (unpaired) electrons. The molecule has 0 saturated carbocycles. The Bertz CT molecular complexity index is 1400. The first kappa shape index (κ1) is 25.2. The Morgan fingerprint density at radius 1 is 1.03 bits per heavy atom. The van der Waals surface area contributed by atoms with Crippen molar-refractivity contribution in [2.45, 2.75) is 13.8 Å². The molecule has 9 nitrogen and oxygen atoms in total. The highest BCUT2D eigenvalue weighted by Gasteiger charge is 2.29. The summed E-state index contributed by atoms with van der Waals surface area (Å²) < 4.78 is 11.2. The van der Waals surface area contributed by atoms with Gasteiger partial charge >= 0.3 is 5.97 Å². The van der Waals surface area contributed by atoms with Crippen molar-refractivity contribution in [1.29, 1.82) is 0 Å².